The van der Waals surface area contributed by atoms with E-state index >= 15 is 0 Å². The van der Waals surface area contributed by atoms with Crippen molar-refractivity contribution in [2.75, 3.05) is 0 Å². The van der Waals surface area contributed by atoms with Gasteiger partial charge in [0, 0.05) is 6.20 Å². The summed E-state index contributed by atoms with van der Waals surface area (Å²) < 4.78 is 5.29. The summed E-state index contributed by atoms with van der Waals surface area (Å²) in [4.78, 5) is 16.0. The van der Waals surface area contributed by atoms with Gasteiger partial charge in [-0.3, -0.25) is 4.98 Å². The number of hydrogen-bond acceptors (Lipinski definition) is 3. The number of nitrogens with zero attached hydrogens (tertiary/aromatic N) is 1. The van der Waals surface area contributed by atoms with Gasteiger partial charge in [0.15, 0.2) is 0 Å². The quantitative estimate of drug-likeness (QED) is 0.734. The monoisotopic (exact) mass is 221 g/mol. The fourth-order valence-electron chi connectivity index (χ4n) is 1.31. The summed E-state index contributed by atoms with van der Waals surface area (Å²) in [6.07, 6.45) is 3.45. The molecule has 0 N–H and O–H groups in total. The molecule has 0 saturated carbocycles. The summed E-state index contributed by atoms with van der Waals surface area (Å²) in [5, 5.41) is 0. The second kappa shape index (κ2) is 5.64. The third kappa shape index (κ3) is 3.05. The molecule has 1 atom stereocenters. The predicted octanol–water partition coefficient (Wildman–Crippen LogP) is 2.91. The largest absolute Gasteiger partial charge is 0.459 e. The van der Waals surface area contributed by atoms with Crippen LogP contribution in [0.2, 0.25) is 0 Å². The van der Waals surface area contributed by atoms with Gasteiger partial charge in [0.1, 0.15) is 0 Å². The second-order valence-electron chi connectivity index (χ2n) is 3.95. The van der Waals surface area contributed by atoms with Crippen molar-refractivity contribution < 1.29 is 9.53 Å². The molecule has 0 fully saturated rings. The van der Waals surface area contributed by atoms with Crippen molar-refractivity contribution in [3.05, 3.63) is 29.1 Å². The Balaban J connectivity index is 2.89. The minimum Gasteiger partial charge on any atom is -0.459 e. The van der Waals surface area contributed by atoms with Crippen molar-refractivity contribution in [2.45, 2.75) is 46.6 Å². The van der Waals surface area contributed by atoms with E-state index in [-0.39, 0.29) is 12.1 Å². The van der Waals surface area contributed by atoms with E-state index in [0.29, 0.717) is 5.56 Å². The van der Waals surface area contributed by atoms with Crippen LogP contribution in [0.1, 0.15) is 48.8 Å². The van der Waals surface area contributed by atoms with Gasteiger partial charge in [-0.25, -0.2) is 4.79 Å². The van der Waals surface area contributed by atoms with Crippen LogP contribution in [0.5, 0.6) is 0 Å². The number of aryl methyl sites for hydroxylation is 2. The Hall–Kier alpha value is -1.38. The molecule has 1 heterocycles. The Labute approximate surface area is 96.8 Å². The molecular formula is C13H19NO2. The first-order valence-corrected chi connectivity index (χ1v) is 5.75. The molecule has 1 unspecified atom stereocenters. The van der Waals surface area contributed by atoms with Gasteiger partial charge in [-0.2, -0.15) is 0 Å². The van der Waals surface area contributed by atoms with E-state index in [1.165, 1.54) is 0 Å². The van der Waals surface area contributed by atoms with Gasteiger partial charge in [0.25, 0.3) is 0 Å². The molecule has 1 aromatic heterocycles. The standard InChI is InChI=1S/C13H19NO2/c1-5-9(3)16-13(15)12-7-11(6-2)8-14-10(12)4/h7-9H,5-6H2,1-4H3. The molecule has 16 heavy (non-hydrogen) atoms. The van der Waals surface area contributed by atoms with Crippen LogP contribution in [-0.2, 0) is 11.2 Å². The lowest BCUT2D eigenvalue weighted by atomic mass is 10.1. The van der Waals surface area contributed by atoms with E-state index < -0.39 is 0 Å². The van der Waals surface area contributed by atoms with E-state index in [2.05, 4.69) is 4.98 Å². The lowest BCUT2D eigenvalue weighted by molar-refractivity contribution is 0.0333. The maximum atomic E-state index is 11.8. The van der Waals surface area contributed by atoms with Crippen LogP contribution in [0.15, 0.2) is 12.3 Å². The molecule has 0 bridgehead atoms. The number of pyridine rings is 1. The molecule has 0 aliphatic rings. The Morgan fingerprint density at radius 2 is 2.19 bits per heavy atom. The summed E-state index contributed by atoms with van der Waals surface area (Å²) in [7, 11) is 0. The maximum absolute atomic E-state index is 11.8. The van der Waals surface area contributed by atoms with Gasteiger partial charge in [-0.05, 0) is 38.3 Å². The molecule has 1 aromatic rings. The molecule has 0 saturated heterocycles. The van der Waals surface area contributed by atoms with Crippen LogP contribution in [0.3, 0.4) is 0 Å². The highest BCUT2D eigenvalue weighted by atomic mass is 16.5. The predicted molar refractivity (Wildman–Crippen MR) is 63.5 cm³/mol. The van der Waals surface area contributed by atoms with Gasteiger partial charge >= 0.3 is 5.97 Å². The molecule has 0 amide bonds. The van der Waals surface area contributed by atoms with Crippen molar-refractivity contribution in [1.82, 2.24) is 4.98 Å². The number of carbonyl (C=O) groups is 1. The Kier molecular flexibility index (Phi) is 4.47. The van der Waals surface area contributed by atoms with Crippen LogP contribution >= 0.6 is 0 Å². The lowest BCUT2D eigenvalue weighted by Gasteiger charge is -2.12. The van der Waals surface area contributed by atoms with Gasteiger partial charge in [-0.1, -0.05) is 13.8 Å². The maximum Gasteiger partial charge on any atom is 0.340 e. The Morgan fingerprint density at radius 1 is 1.50 bits per heavy atom. The summed E-state index contributed by atoms with van der Waals surface area (Å²) in [5.41, 5.74) is 2.37. The minimum absolute atomic E-state index is 0.0443. The highest BCUT2D eigenvalue weighted by molar-refractivity contribution is 5.90. The Morgan fingerprint density at radius 3 is 2.75 bits per heavy atom. The highest BCUT2D eigenvalue weighted by Gasteiger charge is 2.14. The van der Waals surface area contributed by atoms with Crippen LogP contribution in [0.4, 0.5) is 0 Å². The van der Waals surface area contributed by atoms with Gasteiger partial charge in [-0.15, -0.1) is 0 Å². The fourth-order valence-corrected chi connectivity index (χ4v) is 1.31. The van der Waals surface area contributed by atoms with Crippen LogP contribution in [0.25, 0.3) is 0 Å². The van der Waals surface area contributed by atoms with E-state index in [0.717, 1.165) is 24.1 Å². The lowest BCUT2D eigenvalue weighted by Crippen LogP contribution is -2.15. The van der Waals surface area contributed by atoms with E-state index in [1.807, 2.05) is 33.8 Å². The SMILES string of the molecule is CCc1cnc(C)c(C(=O)OC(C)CC)c1. The molecule has 0 aliphatic heterocycles. The van der Waals surface area contributed by atoms with Crippen molar-refractivity contribution in [3.8, 4) is 0 Å². The minimum atomic E-state index is -0.269. The van der Waals surface area contributed by atoms with Gasteiger partial charge < -0.3 is 4.74 Å². The topological polar surface area (TPSA) is 39.2 Å². The highest BCUT2D eigenvalue weighted by Crippen LogP contribution is 2.12. The number of ether oxygens (including phenoxy) is 1. The van der Waals surface area contributed by atoms with E-state index in [1.54, 1.807) is 6.20 Å². The molecule has 88 valence electrons. The van der Waals surface area contributed by atoms with E-state index in [4.69, 9.17) is 4.74 Å². The fraction of sp³-hybridized carbons (Fsp3) is 0.538. The first kappa shape index (κ1) is 12.7. The zero-order valence-corrected chi connectivity index (χ0v) is 10.4. The molecule has 0 aromatic carbocycles. The first-order valence-electron chi connectivity index (χ1n) is 5.75. The summed E-state index contributed by atoms with van der Waals surface area (Å²) in [6.45, 7) is 7.75. The average molecular weight is 221 g/mol. The zero-order chi connectivity index (χ0) is 12.1. The third-order valence-corrected chi connectivity index (χ3v) is 2.65. The van der Waals surface area contributed by atoms with Crippen molar-refractivity contribution in [1.29, 1.82) is 0 Å². The summed E-state index contributed by atoms with van der Waals surface area (Å²) >= 11 is 0. The van der Waals surface area contributed by atoms with E-state index in [9.17, 15) is 4.79 Å². The van der Waals surface area contributed by atoms with Crippen LogP contribution < -0.4 is 0 Å². The van der Waals surface area contributed by atoms with Crippen molar-refractivity contribution >= 4 is 5.97 Å². The molecule has 0 aliphatic carbocycles. The average Bonchev–Trinajstić information content (AvgIpc) is 2.29. The number of hydrogen-bond donors (Lipinski definition) is 0. The normalized spacial score (nSPS) is 12.2. The first-order chi connectivity index (χ1) is 7.58. The van der Waals surface area contributed by atoms with Crippen molar-refractivity contribution in [3.63, 3.8) is 0 Å². The van der Waals surface area contributed by atoms with Crippen LogP contribution in [0, 0.1) is 6.92 Å². The second-order valence-corrected chi connectivity index (χ2v) is 3.95. The summed E-state index contributed by atoms with van der Waals surface area (Å²) in [6, 6.07) is 1.87. The third-order valence-electron chi connectivity index (χ3n) is 2.65. The zero-order valence-electron chi connectivity index (χ0n) is 10.4. The molecule has 3 nitrogen and oxygen atoms in total. The van der Waals surface area contributed by atoms with Gasteiger partial charge in [0.05, 0.1) is 17.4 Å². The molecular weight excluding hydrogens is 202 g/mol. The number of rotatable bonds is 4. The number of aromatic nitrogens is 1. The molecule has 0 spiro atoms. The summed E-state index contributed by atoms with van der Waals surface area (Å²) in [5.74, 6) is -0.269. The molecule has 0 radical (unpaired) electrons. The number of esters is 1. The van der Waals surface area contributed by atoms with Crippen LogP contribution in [-0.4, -0.2) is 17.1 Å². The Bertz CT molecular complexity index is 374. The molecule has 3 heteroatoms. The van der Waals surface area contributed by atoms with Crippen molar-refractivity contribution in [2.24, 2.45) is 0 Å². The smallest absolute Gasteiger partial charge is 0.340 e. The van der Waals surface area contributed by atoms with Gasteiger partial charge in [0.2, 0.25) is 0 Å². The molecule has 1 rings (SSSR count). The number of carbonyl (C=O) groups excluding carboxylic acids is 1.